The van der Waals surface area contributed by atoms with Crippen LogP contribution in [0.2, 0.25) is 0 Å². The van der Waals surface area contributed by atoms with Crippen molar-refractivity contribution in [3.63, 3.8) is 0 Å². The average Bonchev–Trinajstić information content (AvgIpc) is 3.19. The lowest BCUT2D eigenvalue weighted by Gasteiger charge is -2.18. The van der Waals surface area contributed by atoms with Crippen LogP contribution in [0.1, 0.15) is 29.0 Å². The molecule has 1 aliphatic heterocycles. The van der Waals surface area contributed by atoms with Gasteiger partial charge in [-0.15, -0.1) is 0 Å². The zero-order chi connectivity index (χ0) is 12.8. The summed E-state index contributed by atoms with van der Waals surface area (Å²) in [5.41, 5.74) is 3.82. The molecule has 2 heteroatoms. The van der Waals surface area contributed by atoms with E-state index in [0.29, 0.717) is 17.8 Å². The first-order chi connectivity index (χ1) is 9.34. The van der Waals surface area contributed by atoms with Gasteiger partial charge in [0.25, 0.3) is 0 Å². The van der Waals surface area contributed by atoms with Crippen LogP contribution in [0.15, 0.2) is 54.6 Å². The monoisotopic (exact) mass is 248 g/mol. The third kappa shape index (κ3) is 1.67. The van der Waals surface area contributed by atoms with E-state index in [1.54, 1.807) is 0 Å². The molecular weight excluding hydrogens is 232 g/mol. The highest BCUT2D eigenvalue weighted by Crippen LogP contribution is 2.47. The third-order valence-electron chi connectivity index (χ3n) is 4.29. The van der Waals surface area contributed by atoms with Crippen LogP contribution in [0.5, 0.6) is 0 Å². The number of hydrogen-bond acceptors (Lipinski definition) is 1. The summed E-state index contributed by atoms with van der Waals surface area (Å²) in [6.07, 6.45) is 1.18. The average molecular weight is 248 g/mol. The van der Waals surface area contributed by atoms with Gasteiger partial charge in [0.1, 0.15) is 5.84 Å². The maximum absolute atomic E-state index is 8.34. The lowest BCUT2D eigenvalue weighted by atomic mass is 10.1. The minimum absolute atomic E-state index is 0.516. The van der Waals surface area contributed by atoms with Crippen LogP contribution in [0.25, 0.3) is 0 Å². The summed E-state index contributed by atoms with van der Waals surface area (Å²) >= 11 is 0. The molecule has 94 valence electrons. The van der Waals surface area contributed by atoms with Crippen molar-refractivity contribution in [3.05, 3.63) is 71.3 Å². The second kappa shape index (κ2) is 3.95. The molecule has 0 radical (unpaired) electrons. The minimum Gasteiger partial charge on any atom is -0.349 e. The molecule has 2 aliphatic rings. The Morgan fingerprint density at radius 2 is 1.68 bits per heavy atom. The van der Waals surface area contributed by atoms with Crippen molar-refractivity contribution in [3.8, 4) is 0 Å². The topological polar surface area (TPSA) is 27.1 Å². The Morgan fingerprint density at radius 3 is 2.47 bits per heavy atom. The Labute approximate surface area is 113 Å². The molecule has 0 spiro atoms. The van der Waals surface area contributed by atoms with Crippen molar-refractivity contribution in [2.45, 2.75) is 24.9 Å². The molecule has 0 bridgehead atoms. The van der Waals surface area contributed by atoms with E-state index in [9.17, 15) is 0 Å². The van der Waals surface area contributed by atoms with Crippen molar-refractivity contribution in [2.24, 2.45) is 0 Å². The first kappa shape index (κ1) is 10.8. The van der Waals surface area contributed by atoms with Gasteiger partial charge in [-0.2, -0.15) is 0 Å². The third-order valence-corrected chi connectivity index (χ3v) is 4.29. The summed E-state index contributed by atoms with van der Waals surface area (Å²) in [5.74, 6) is 1.31. The zero-order valence-electron chi connectivity index (χ0n) is 10.7. The molecule has 1 heterocycles. The SMILES string of the molecule is N=C1c2ccccc2CN1C1CC1c1ccccc1. The van der Waals surface area contributed by atoms with Crippen LogP contribution in [-0.2, 0) is 6.54 Å². The van der Waals surface area contributed by atoms with Crippen LogP contribution >= 0.6 is 0 Å². The van der Waals surface area contributed by atoms with Gasteiger partial charge in [-0.1, -0.05) is 54.6 Å². The van der Waals surface area contributed by atoms with Crippen molar-refractivity contribution in [2.75, 3.05) is 0 Å². The molecule has 1 aliphatic carbocycles. The number of hydrogen-bond donors (Lipinski definition) is 1. The molecule has 1 fully saturated rings. The standard InChI is InChI=1S/C17H16N2/c18-17-14-9-5-4-8-13(14)11-19(17)16-10-15(16)12-6-2-1-3-7-12/h1-9,15-16,18H,10-11H2. The highest BCUT2D eigenvalue weighted by Gasteiger charge is 2.45. The van der Waals surface area contributed by atoms with E-state index in [4.69, 9.17) is 5.41 Å². The molecule has 1 N–H and O–H groups in total. The van der Waals surface area contributed by atoms with Gasteiger partial charge in [0.05, 0.1) is 0 Å². The van der Waals surface area contributed by atoms with Crippen molar-refractivity contribution < 1.29 is 0 Å². The van der Waals surface area contributed by atoms with Crippen LogP contribution in [0.4, 0.5) is 0 Å². The predicted molar refractivity (Wildman–Crippen MR) is 76.4 cm³/mol. The fourth-order valence-corrected chi connectivity index (χ4v) is 3.17. The summed E-state index contributed by atoms with van der Waals surface area (Å²) in [4.78, 5) is 2.27. The van der Waals surface area contributed by atoms with Crippen molar-refractivity contribution in [1.29, 1.82) is 5.41 Å². The summed E-state index contributed by atoms with van der Waals surface area (Å²) in [7, 11) is 0. The van der Waals surface area contributed by atoms with Crippen LogP contribution in [0, 0.1) is 5.41 Å². The Balaban J connectivity index is 1.57. The highest BCUT2D eigenvalue weighted by atomic mass is 15.2. The molecule has 1 saturated carbocycles. The second-order valence-electron chi connectivity index (χ2n) is 5.45. The number of fused-ring (bicyclic) bond motifs is 1. The Hall–Kier alpha value is -2.09. The molecule has 0 saturated heterocycles. The molecule has 2 unspecified atom stereocenters. The minimum atomic E-state index is 0.516. The quantitative estimate of drug-likeness (QED) is 0.866. The molecule has 19 heavy (non-hydrogen) atoms. The second-order valence-corrected chi connectivity index (χ2v) is 5.45. The fourth-order valence-electron chi connectivity index (χ4n) is 3.17. The number of rotatable bonds is 2. The zero-order valence-corrected chi connectivity index (χ0v) is 10.7. The van der Waals surface area contributed by atoms with E-state index in [2.05, 4.69) is 53.4 Å². The van der Waals surface area contributed by atoms with E-state index < -0.39 is 0 Å². The van der Waals surface area contributed by atoms with Crippen molar-refractivity contribution >= 4 is 5.84 Å². The van der Waals surface area contributed by atoms with E-state index >= 15 is 0 Å². The molecular formula is C17H16N2. The lowest BCUT2D eigenvalue weighted by Crippen LogP contribution is -2.27. The Morgan fingerprint density at radius 1 is 0.947 bits per heavy atom. The molecule has 0 aromatic heterocycles. The van der Waals surface area contributed by atoms with Gasteiger partial charge in [-0.3, -0.25) is 5.41 Å². The first-order valence-corrected chi connectivity index (χ1v) is 6.83. The molecule has 4 rings (SSSR count). The summed E-state index contributed by atoms with van der Waals surface area (Å²) in [6.45, 7) is 0.906. The molecule has 2 aromatic carbocycles. The normalized spacial score (nSPS) is 24.4. The summed E-state index contributed by atoms with van der Waals surface area (Å²) < 4.78 is 0. The van der Waals surface area contributed by atoms with Gasteiger partial charge in [-0.05, 0) is 17.5 Å². The lowest BCUT2D eigenvalue weighted by molar-refractivity contribution is 0.411. The fraction of sp³-hybridized carbons (Fsp3) is 0.235. The smallest absolute Gasteiger partial charge is 0.128 e. The maximum Gasteiger partial charge on any atom is 0.128 e. The molecule has 0 amide bonds. The first-order valence-electron chi connectivity index (χ1n) is 6.83. The van der Waals surface area contributed by atoms with E-state index in [0.717, 1.165) is 12.1 Å². The van der Waals surface area contributed by atoms with Gasteiger partial charge >= 0.3 is 0 Å². The molecule has 2 nitrogen and oxygen atoms in total. The van der Waals surface area contributed by atoms with E-state index in [1.807, 2.05) is 6.07 Å². The maximum atomic E-state index is 8.34. The molecule has 2 atom stereocenters. The van der Waals surface area contributed by atoms with Gasteiger partial charge in [0.2, 0.25) is 0 Å². The van der Waals surface area contributed by atoms with Crippen LogP contribution < -0.4 is 0 Å². The highest BCUT2D eigenvalue weighted by molar-refractivity contribution is 6.00. The van der Waals surface area contributed by atoms with Crippen molar-refractivity contribution in [1.82, 2.24) is 4.90 Å². The Bertz CT molecular complexity index is 633. The summed E-state index contributed by atoms with van der Waals surface area (Å²) in [5, 5.41) is 8.34. The van der Waals surface area contributed by atoms with Gasteiger partial charge in [0.15, 0.2) is 0 Å². The van der Waals surface area contributed by atoms with E-state index in [1.165, 1.54) is 17.5 Å². The van der Waals surface area contributed by atoms with Gasteiger partial charge < -0.3 is 4.90 Å². The van der Waals surface area contributed by atoms with Gasteiger partial charge in [0, 0.05) is 24.1 Å². The van der Waals surface area contributed by atoms with Gasteiger partial charge in [-0.25, -0.2) is 0 Å². The largest absolute Gasteiger partial charge is 0.349 e. The number of amidine groups is 1. The number of benzene rings is 2. The van der Waals surface area contributed by atoms with E-state index in [-0.39, 0.29) is 0 Å². The van der Waals surface area contributed by atoms with Crippen LogP contribution in [0.3, 0.4) is 0 Å². The number of nitrogens with one attached hydrogen (secondary N) is 1. The summed E-state index contributed by atoms with van der Waals surface area (Å²) in [6, 6.07) is 19.5. The Kier molecular flexibility index (Phi) is 2.25. The predicted octanol–water partition coefficient (Wildman–Crippen LogP) is 3.38. The molecule has 2 aromatic rings. The van der Waals surface area contributed by atoms with Crippen LogP contribution in [-0.4, -0.2) is 16.8 Å². The number of nitrogens with zero attached hydrogens (tertiary/aromatic N) is 1.